The highest BCUT2D eigenvalue weighted by Gasteiger charge is 2.21. The Labute approximate surface area is 136 Å². The Bertz CT molecular complexity index is 638. The summed E-state index contributed by atoms with van der Waals surface area (Å²) in [7, 11) is 1.67. The Balaban J connectivity index is 1.94. The van der Waals surface area contributed by atoms with Crippen molar-refractivity contribution < 1.29 is 13.9 Å². The molecule has 1 aromatic carbocycles. The monoisotopic (exact) mass is 317 g/mol. The molecular formula is C17H23N3O3. The maximum absolute atomic E-state index is 12.1. The molecule has 2 amide bonds. The number of hydrogen-bond donors (Lipinski definition) is 2. The molecule has 2 rings (SSSR count). The van der Waals surface area contributed by atoms with Crippen LogP contribution in [0.25, 0.3) is 11.5 Å². The Morgan fingerprint density at radius 3 is 2.87 bits per heavy atom. The van der Waals surface area contributed by atoms with Gasteiger partial charge in [-0.15, -0.1) is 0 Å². The van der Waals surface area contributed by atoms with Gasteiger partial charge in [0.2, 0.25) is 5.89 Å². The molecule has 2 aromatic rings. The Morgan fingerprint density at radius 1 is 1.43 bits per heavy atom. The Hall–Kier alpha value is -2.34. The van der Waals surface area contributed by atoms with Crippen molar-refractivity contribution in [2.24, 2.45) is 0 Å². The van der Waals surface area contributed by atoms with Gasteiger partial charge in [-0.2, -0.15) is 0 Å². The van der Waals surface area contributed by atoms with E-state index in [0.717, 1.165) is 5.56 Å². The van der Waals surface area contributed by atoms with E-state index < -0.39 is 0 Å². The molecule has 0 saturated carbocycles. The summed E-state index contributed by atoms with van der Waals surface area (Å²) in [5.41, 5.74) is 1.20. The predicted molar refractivity (Wildman–Crippen MR) is 89.3 cm³/mol. The standard InChI is InChI=1S/C17H23N3O3/c1-12(11-17(2,3)22-4)19-16(21)20-14-7-5-6-13(10-14)15-18-8-9-23-15/h5-10,12H,11H2,1-4H3,(H2,19,20,21)/t12-/m0/s1. The molecule has 0 aliphatic rings. The van der Waals surface area contributed by atoms with Crippen LogP contribution in [0.3, 0.4) is 0 Å². The number of rotatable bonds is 6. The minimum absolute atomic E-state index is 0.0140. The molecule has 0 aliphatic heterocycles. The average molecular weight is 317 g/mol. The number of oxazole rings is 1. The lowest BCUT2D eigenvalue weighted by molar-refractivity contribution is 0.00963. The highest BCUT2D eigenvalue weighted by Crippen LogP contribution is 2.21. The zero-order valence-corrected chi connectivity index (χ0v) is 13.9. The van der Waals surface area contributed by atoms with E-state index in [1.54, 1.807) is 13.3 Å². The van der Waals surface area contributed by atoms with Crippen LogP contribution in [0.5, 0.6) is 0 Å². The van der Waals surface area contributed by atoms with Gasteiger partial charge in [0, 0.05) is 24.4 Å². The van der Waals surface area contributed by atoms with Gasteiger partial charge in [0.05, 0.1) is 11.8 Å². The van der Waals surface area contributed by atoms with Crippen molar-refractivity contribution in [3.05, 3.63) is 36.7 Å². The van der Waals surface area contributed by atoms with Crippen LogP contribution in [0.15, 0.2) is 41.1 Å². The second-order valence-corrected chi connectivity index (χ2v) is 6.09. The maximum atomic E-state index is 12.1. The van der Waals surface area contributed by atoms with Gasteiger partial charge in [-0.1, -0.05) is 6.07 Å². The second kappa shape index (κ2) is 7.28. The molecule has 1 heterocycles. The number of nitrogens with zero attached hydrogens (tertiary/aromatic N) is 1. The van der Waals surface area contributed by atoms with Crippen LogP contribution in [0, 0.1) is 0 Å². The minimum Gasteiger partial charge on any atom is -0.445 e. The summed E-state index contributed by atoms with van der Waals surface area (Å²) < 4.78 is 10.6. The van der Waals surface area contributed by atoms with E-state index in [9.17, 15) is 4.79 Å². The predicted octanol–water partition coefficient (Wildman–Crippen LogP) is 3.67. The number of nitrogens with one attached hydrogen (secondary N) is 2. The van der Waals surface area contributed by atoms with Crippen molar-refractivity contribution in [1.82, 2.24) is 10.3 Å². The van der Waals surface area contributed by atoms with Crippen molar-refractivity contribution in [1.29, 1.82) is 0 Å². The Morgan fingerprint density at radius 2 is 2.22 bits per heavy atom. The van der Waals surface area contributed by atoms with Crippen molar-refractivity contribution in [2.75, 3.05) is 12.4 Å². The number of carbonyl (C=O) groups is 1. The summed E-state index contributed by atoms with van der Waals surface area (Å²) in [5.74, 6) is 0.518. The molecule has 0 fully saturated rings. The zero-order valence-electron chi connectivity index (χ0n) is 13.9. The van der Waals surface area contributed by atoms with E-state index in [-0.39, 0.29) is 17.7 Å². The third kappa shape index (κ3) is 5.10. The Kier molecular flexibility index (Phi) is 5.39. The van der Waals surface area contributed by atoms with E-state index in [0.29, 0.717) is 18.0 Å². The molecular weight excluding hydrogens is 294 g/mol. The number of carbonyl (C=O) groups excluding carboxylic acids is 1. The molecule has 0 saturated heterocycles. The number of urea groups is 1. The number of benzene rings is 1. The highest BCUT2D eigenvalue weighted by atomic mass is 16.5. The first-order chi connectivity index (χ1) is 10.9. The van der Waals surface area contributed by atoms with Gasteiger partial charge >= 0.3 is 6.03 Å². The maximum Gasteiger partial charge on any atom is 0.319 e. The van der Waals surface area contributed by atoms with Crippen molar-refractivity contribution in [2.45, 2.75) is 38.8 Å². The van der Waals surface area contributed by atoms with Crippen molar-refractivity contribution in [3.8, 4) is 11.5 Å². The summed E-state index contributed by atoms with van der Waals surface area (Å²) in [6.07, 6.45) is 3.82. The van der Waals surface area contributed by atoms with E-state index in [1.807, 2.05) is 45.0 Å². The molecule has 1 aromatic heterocycles. The lowest BCUT2D eigenvalue weighted by atomic mass is 10.00. The van der Waals surface area contributed by atoms with Crippen LogP contribution in [-0.4, -0.2) is 29.8 Å². The largest absolute Gasteiger partial charge is 0.445 e. The lowest BCUT2D eigenvalue weighted by Gasteiger charge is -2.27. The average Bonchev–Trinajstić information content (AvgIpc) is 3.00. The summed E-state index contributed by atoms with van der Waals surface area (Å²) in [6, 6.07) is 7.07. The smallest absolute Gasteiger partial charge is 0.319 e. The fourth-order valence-corrected chi connectivity index (χ4v) is 2.36. The van der Waals surface area contributed by atoms with E-state index >= 15 is 0 Å². The summed E-state index contributed by atoms with van der Waals surface area (Å²) in [6.45, 7) is 5.93. The first kappa shape index (κ1) is 17.0. The number of methoxy groups -OCH3 is 1. The number of anilines is 1. The molecule has 23 heavy (non-hydrogen) atoms. The van der Waals surface area contributed by atoms with Crippen LogP contribution >= 0.6 is 0 Å². The molecule has 1 atom stereocenters. The number of hydrogen-bond acceptors (Lipinski definition) is 4. The van der Waals surface area contributed by atoms with Gasteiger partial charge in [-0.3, -0.25) is 0 Å². The first-order valence-corrected chi connectivity index (χ1v) is 7.52. The van der Waals surface area contributed by atoms with Gasteiger partial charge in [-0.05, 0) is 45.4 Å². The molecule has 0 bridgehead atoms. The highest BCUT2D eigenvalue weighted by molar-refractivity contribution is 5.90. The topological polar surface area (TPSA) is 76.4 Å². The molecule has 6 nitrogen and oxygen atoms in total. The van der Waals surface area contributed by atoms with Gasteiger partial charge in [0.1, 0.15) is 6.26 Å². The number of amides is 2. The molecule has 0 unspecified atom stereocenters. The van der Waals surface area contributed by atoms with Gasteiger partial charge in [0.25, 0.3) is 0 Å². The van der Waals surface area contributed by atoms with Crippen LogP contribution in [0.4, 0.5) is 10.5 Å². The second-order valence-electron chi connectivity index (χ2n) is 6.09. The third-order valence-corrected chi connectivity index (χ3v) is 3.53. The fraction of sp³-hybridized carbons (Fsp3) is 0.412. The molecule has 2 N–H and O–H groups in total. The van der Waals surface area contributed by atoms with Crippen LogP contribution in [-0.2, 0) is 4.74 Å². The van der Waals surface area contributed by atoms with Crippen LogP contribution in [0.1, 0.15) is 27.2 Å². The van der Waals surface area contributed by atoms with Crippen LogP contribution in [0.2, 0.25) is 0 Å². The third-order valence-electron chi connectivity index (χ3n) is 3.53. The van der Waals surface area contributed by atoms with Gasteiger partial charge in [-0.25, -0.2) is 9.78 Å². The van der Waals surface area contributed by atoms with Gasteiger partial charge < -0.3 is 19.8 Å². The fourth-order valence-electron chi connectivity index (χ4n) is 2.36. The summed E-state index contributed by atoms with van der Waals surface area (Å²) >= 11 is 0. The quantitative estimate of drug-likeness (QED) is 0.852. The number of aromatic nitrogens is 1. The van der Waals surface area contributed by atoms with Crippen molar-refractivity contribution in [3.63, 3.8) is 0 Å². The van der Waals surface area contributed by atoms with E-state index in [4.69, 9.17) is 9.15 Å². The zero-order chi connectivity index (χ0) is 16.9. The van der Waals surface area contributed by atoms with Gasteiger partial charge in [0.15, 0.2) is 0 Å². The minimum atomic E-state index is -0.280. The molecule has 124 valence electrons. The SMILES string of the molecule is COC(C)(C)C[C@H](C)NC(=O)Nc1cccc(-c2ncco2)c1. The van der Waals surface area contributed by atoms with Crippen LogP contribution < -0.4 is 10.6 Å². The first-order valence-electron chi connectivity index (χ1n) is 7.52. The molecule has 0 aliphatic carbocycles. The number of ether oxygens (including phenoxy) is 1. The van der Waals surface area contributed by atoms with E-state index in [2.05, 4.69) is 15.6 Å². The molecule has 0 radical (unpaired) electrons. The van der Waals surface area contributed by atoms with E-state index in [1.165, 1.54) is 6.26 Å². The molecule has 0 spiro atoms. The lowest BCUT2D eigenvalue weighted by Crippen LogP contribution is -2.40. The summed E-state index contributed by atoms with van der Waals surface area (Å²) in [5, 5.41) is 5.72. The molecule has 6 heteroatoms. The van der Waals surface area contributed by atoms with Crippen molar-refractivity contribution >= 4 is 11.7 Å². The summed E-state index contributed by atoms with van der Waals surface area (Å²) in [4.78, 5) is 16.2. The normalized spacial score (nSPS) is 12.7.